The minimum atomic E-state index is 0.778. The zero-order chi connectivity index (χ0) is 10.6. The van der Waals surface area contributed by atoms with Gasteiger partial charge in [-0.1, -0.05) is 57.2 Å². The summed E-state index contributed by atoms with van der Waals surface area (Å²) < 4.78 is 7.61. The average Bonchev–Trinajstić information content (AvgIpc) is 2.20. The Morgan fingerprint density at radius 1 is 1.15 bits per heavy atom. The first-order chi connectivity index (χ1) is 6.81. The SMILES string of the molecule is [2H]/C(=C\CC=C)CCCCCCCC. The van der Waals surface area contributed by atoms with E-state index in [0.29, 0.717) is 0 Å². The third-order valence-electron chi connectivity index (χ3n) is 2.10. The molecule has 0 aliphatic carbocycles. The van der Waals surface area contributed by atoms with Crippen molar-refractivity contribution in [1.82, 2.24) is 0 Å². The Morgan fingerprint density at radius 3 is 2.54 bits per heavy atom. The fourth-order valence-electron chi connectivity index (χ4n) is 1.28. The van der Waals surface area contributed by atoms with Crippen LogP contribution in [0.3, 0.4) is 0 Å². The summed E-state index contributed by atoms with van der Waals surface area (Å²) in [6.45, 7) is 5.87. The predicted molar refractivity (Wildman–Crippen MR) is 61.9 cm³/mol. The molecule has 0 heteroatoms. The molecule has 0 aromatic heterocycles. The van der Waals surface area contributed by atoms with Gasteiger partial charge in [-0.05, 0) is 19.3 Å². The van der Waals surface area contributed by atoms with Crippen LogP contribution in [0.4, 0.5) is 0 Å². The van der Waals surface area contributed by atoms with Crippen LogP contribution < -0.4 is 0 Å². The lowest BCUT2D eigenvalue weighted by Crippen LogP contribution is -1.77. The third kappa shape index (κ3) is 11.5. The molecule has 0 amide bonds. The van der Waals surface area contributed by atoms with Crippen LogP contribution in [0.1, 0.15) is 59.7 Å². The van der Waals surface area contributed by atoms with Crippen LogP contribution in [0.15, 0.2) is 24.8 Å². The highest BCUT2D eigenvalue weighted by atomic mass is 13.9. The van der Waals surface area contributed by atoms with E-state index in [1.807, 2.05) is 12.2 Å². The average molecular weight is 181 g/mol. The quantitative estimate of drug-likeness (QED) is 0.351. The van der Waals surface area contributed by atoms with Gasteiger partial charge in [0.25, 0.3) is 0 Å². The molecule has 0 saturated heterocycles. The molecule has 0 rings (SSSR count). The van der Waals surface area contributed by atoms with E-state index in [1.54, 1.807) is 0 Å². The van der Waals surface area contributed by atoms with E-state index in [4.69, 9.17) is 1.37 Å². The van der Waals surface area contributed by atoms with E-state index in [1.165, 1.54) is 38.5 Å². The molecule has 0 bridgehead atoms. The van der Waals surface area contributed by atoms with Crippen LogP contribution in [-0.4, -0.2) is 0 Å². The molecule has 0 spiro atoms. The van der Waals surface area contributed by atoms with Gasteiger partial charge in [0.05, 0.1) is 1.37 Å². The molecule has 76 valence electrons. The van der Waals surface area contributed by atoms with Crippen LogP contribution in [0, 0.1) is 0 Å². The minimum absolute atomic E-state index is 0.778. The van der Waals surface area contributed by atoms with E-state index >= 15 is 0 Å². The fraction of sp³-hybridized carbons (Fsp3) is 0.692. The van der Waals surface area contributed by atoms with Crippen molar-refractivity contribution in [3.8, 4) is 0 Å². The molecule has 0 aliphatic heterocycles. The molecule has 0 N–H and O–H groups in total. The van der Waals surface area contributed by atoms with Crippen molar-refractivity contribution in [2.24, 2.45) is 0 Å². The van der Waals surface area contributed by atoms with Gasteiger partial charge in [-0.2, -0.15) is 0 Å². The molecule has 0 aliphatic rings. The first-order valence-corrected chi connectivity index (χ1v) is 5.57. The van der Waals surface area contributed by atoms with E-state index in [9.17, 15) is 0 Å². The summed E-state index contributed by atoms with van der Waals surface area (Å²) in [7, 11) is 0. The second-order valence-corrected chi connectivity index (χ2v) is 3.45. The topological polar surface area (TPSA) is 0 Å². The lowest BCUT2D eigenvalue weighted by atomic mass is 10.1. The predicted octanol–water partition coefficient (Wildman–Crippen LogP) is 4.87. The van der Waals surface area contributed by atoms with Crippen LogP contribution in [0.5, 0.6) is 0 Å². The Labute approximate surface area is 85.1 Å². The number of rotatable bonds is 9. The Bertz CT molecular complexity index is 159. The molecule has 0 aromatic rings. The summed E-state index contributed by atoms with van der Waals surface area (Å²) in [5.41, 5.74) is 0. The van der Waals surface area contributed by atoms with Crippen LogP contribution in [0.2, 0.25) is 0 Å². The zero-order valence-corrected chi connectivity index (χ0v) is 9.02. The van der Waals surface area contributed by atoms with Crippen molar-refractivity contribution in [3.63, 3.8) is 0 Å². The van der Waals surface area contributed by atoms with Crippen molar-refractivity contribution >= 4 is 0 Å². The van der Waals surface area contributed by atoms with E-state index in [0.717, 1.165) is 18.9 Å². The summed E-state index contributed by atoms with van der Waals surface area (Å²) in [6.07, 6.45) is 13.4. The summed E-state index contributed by atoms with van der Waals surface area (Å²) in [5, 5.41) is 0. The Morgan fingerprint density at radius 2 is 1.85 bits per heavy atom. The molecule has 0 heterocycles. The molecule has 0 unspecified atom stereocenters. The number of hydrogen-bond donors (Lipinski definition) is 0. The van der Waals surface area contributed by atoms with Crippen molar-refractivity contribution in [1.29, 1.82) is 0 Å². The standard InChI is InChI=1S/C13H24/c1-3-5-7-9-11-13-12-10-8-6-4-2/h3,7,9H,1,4-6,8,10-13H2,2H3/b9-7+/i9D. The van der Waals surface area contributed by atoms with Gasteiger partial charge in [-0.3, -0.25) is 0 Å². The third-order valence-corrected chi connectivity index (χ3v) is 2.10. The van der Waals surface area contributed by atoms with Crippen molar-refractivity contribution in [2.75, 3.05) is 0 Å². The van der Waals surface area contributed by atoms with E-state index in [-0.39, 0.29) is 0 Å². The fourth-order valence-corrected chi connectivity index (χ4v) is 1.28. The zero-order valence-electron chi connectivity index (χ0n) is 10.0. The second kappa shape index (κ2) is 11.5. The van der Waals surface area contributed by atoms with Gasteiger partial charge in [-0.25, -0.2) is 0 Å². The maximum absolute atomic E-state index is 7.61. The Balaban J connectivity index is 3.22. The second-order valence-electron chi connectivity index (χ2n) is 3.45. The first kappa shape index (κ1) is 10.6. The normalized spacial score (nSPS) is 12.7. The lowest BCUT2D eigenvalue weighted by molar-refractivity contribution is 0.611. The summed E-state index contributed by atoms with van der Waals surface area (Å²) in [5.74, 6) is 0. The van der Waals surface area contributed by atoms with Gasteiger partial charge in [0.2, 0.25) is 0 Å². The van der Waals surface area contributed by atoms with Crippen LogP contribution in [-0.2, 0) is 0 Å². The summed E-state index contributed by atoms with van der Waals surface area (Å²) in [6, 6.07) is 0.778. The van der Waals surface area contributed by atoms with Gasteiger partial charge >= 0.3 is 0 Å². The molecule has 0 nitrogen and oxygen atoms in total. The molecule has 0 radical (unpaired) electrons. The molecule has 0 aromatic carbocycles. The number of unbranched alkanes of at least 4 members (excludes halogenated alkanes) is 5. The molecule has 13 heavy (non-hydrogen) atoms. The van der Waals surface area contributed by atoms with E-state index in [2.05, 4.69) is 13.5 Å². The van der Waals surface area contributed by atoms with Crippen molar-refractivity contribution in [3.05, 3.63) is 24.8 Å². The number of hydrogen-bond acceptors (Lipinski definition) is 0. The molecule has 0 fully saturated rings. The number of allylic oxidation sites excluding steroid dienone is 3. The summed E-state index contributed by atoms with van der Waals surface area (Å²) >= 11 is 0. The lowest BCUT2D eigenvalue weighted by Gasteiger charge is -1.97. The highest BCUT2D eigenvalue weighted by Crippen LogP contribution is 2.07. The molecular formula is C13H24. The van der Waals surface area contributed by atoms with Crippen molar-refractivity contribution < 1.29 is 1.37 Å². The Kier molecular flexibility index (Phi) is 9.33. The van der Waals surface area contributed by atoms with Crippen LogP contribution >= 0.6 is 0 Å². The molecule has 0 saturated carbocycles. The van der Waals surface area contributed by atoms with Gasteiger partial charge < -0.3 is 0 Å². The van der Waals surface area contributed by atoms with Gasteiger partial charge in [0.15, 0.2) is 0 Å². The summed E-state index contributed by atoms with van der Waals surface area (Å²) in [4.78, 5) is 0. The monoisotopic (exact) mass is 181 g/mol. The largest absolute Gasteiger partial charge is 0.103 e. The Hall–Kier alpha value is -0.520. The maximum atomic E-state index is 7.61. The smallest absolute Gasteiger partial charge is 0.0573 e. The van der Waals surface area contributed by atoms with Gasteiger partial charge in [0, 0.05) is 0 Å². The highest BCUT2D eigenvalue weighted by Gasteiger charge is 1.87. The molecular weight excluding hydrogens is 156 g/mol. The molecule has 0 atom stereocenters. The van der Waals surface area contributed by atoms with Crippen LogP contribution in [0.25, 0.3) is 0 Å². The highest BCUT2D eigenvalue weighted by molar-refractivity contribution is 4.87. The maximum Gasteiger partial charge on any atom is 0.0573 e. The van der Waals surface area contributed by atoms with Crippen molar-refractivity contribution in [2.45, 2.75) is 58.3 Å². The van der Waals surface area contributed by atoms with E-state index < -0.39 is 0 Å². The minimum Gasteiger partial charge on any atom is -0.103 e. The first-order valence-electron chi connectivity index (χ1n) is 6.07. The van der Waals surface area contributed by atoms with Gasteiger partial charge in [-0.15, -0.1) is 6.58 Å². The van der Waals surface area contributed by atoms with Gasteiger partial charge in [0.1, 0.15) is 0 Å².